The van der Waals surface area contributed by atoms with Crippen LogP contribution in [0.1, 0.15) is 69.2 Å². The molecular formula is C19H42O2Si. The molecule has 0 heterocycles. The van der Waals surface area contributed by atoms with Crippen LogP contribution in [0.3, 0.4) is 0 Å². The Hall–Kier alpha value is 0.137. The fourth-order valence-corrected chi connectivity index (χ4v) is 10.7. The summed E-state index contributed by atoms with van der Waals surface area (Å²) in [4.78, 5) is 0. The van der Waals surface area contributed by atoms with Gasteiger partial charge in [-0.05, 0) is 41.3 Å². The van der Waals surface area contributed by atoms with Crippen LogP contribution in [0.5, 0.6) is 0 Å². The third-order valence-corrected chi connectivity index (χ3v) is 9.33. The van der Waals surface area contributed by atoms with Crippen molar-refractivity contribution < 1.29 is 9.16 Å². The molecule has 134 valence electrons. The lowest BCUT2D eigenvalue weighted by Gasteiger charge is -2.43. The van der Waals surface area contributed by atoms with Gasteiger partial charge in [-0.25, -0.2) is 0 Å². The molecule has 0 saturated carbocycles. The number of hydrogen-bond acceptors (Lipinski definition) is 2. The van der Waals surface area contributed by atoms with Crippen LogP contribution >= 0.6 is 0 Å². The third kappa shape index (κ3) is 11.7. The van der Waals surface area contributed by atoms with E-state index in [1.807, 2.05) is 6.92 Å². The highest BCUT2D eigenvalue weighted by atomic mass is 28.4. The summed E-state index contributed by atoms with van der Waals surface area (Å²) in [5.41, 5.74) is 0.941. The standard InChI is InChI=1S/C19H42O2Si/c1-11-20-12-13-21-22(14-17(2,3)4,15-18(5,6)7)16-19(8,9)10/h11-16H2,1-10H3. The smallest absolute Gasteiger partial charge is 0.194 e. The summed E-state index contributed by atoms with van der Waals surface area (Å²) in [7, 11) is -1.83. The van der Waals surface area contributed by atoms with Crippen molar-refractivity contribution in [2.45, 2.75) is 87.4 Å². The van der Waals surface area contributed by atoms with Crippen molar-refractivity contribution in [1.29, 1.82) is 0 Å². The molecule has 0 aromatic heterocycles. The van der Waals surface area contributed by atoms with Gasteiger partial charge in [0, 0.05) is 6.61 Å². The predicted molar refractivity (Wildman–Crippen MR) is 101 cm³/mol. The summed E-state index contributed by atoms with van der Waals surface area (Å²) in [5, 5.41) is 0. The van der Waals surface area contributed by atoms with Crippen LogP contribution in [0.4, 0.5) is 0 Å². The molecule has 0 aromatic rings. The molecule has 3 heteroatoms. The molecule has 0 radical (unpaired) electrons. The van der Waals surface area contributed by atoms with E-state index in [4.69, 9.17) is 9.16 Å². The van der Waals surface area contributed by atoms with Crippen LogP contribution < -0.4 is 0 Å². The van der Waals surface area contributed by atoms with Crippen molar-refractivity contribution in [3.8, 4) is 0 Å². The van der Waals surface area contributed by atoms with E-state index < -0.39 is 8.32 Å². The lowest BCUT2D eigenvalue weighted by Crippen LogP contribution is -2.47. The second-order valence-corrected chi connectivity index (χ2v) is 14.2. The first-order valence-electron chi connectivity index (χ1n) is 8.90. The largest absolute Gasteiger partial charge is 0.414 e. The quantitative estimate of drug-likeness (QED) is 0.394. The zero-order chi connectivity index (χ0) is 17.7. The Balaban J connectivity index is 5.30. The van der Waals surface area contributed by atoms with E-state index in [9.17, 15) is 0 Å². The molecule has 0 rings (SSSR count). The lowest BCUT2D eigenvalue weighted by molar-refractivity contribution is 0.102. The number of ether oxygens (including phenoxy) is 1. The van der Waals surface area contributed by atoms with Gasteiger partial charge in [-0.1, -0.05) is 62.3 Å². The maximum absolute atomic E-state index is 6.67. The summed E-state index contributed by atoms with van der Waals surface area (Å²) in [5.74, 6) is 0. The molecule has 0 N–H and O–H groups in total. The second kappa shape index (κ2) is 8.30. The highest BCUT2D eigenvalue weighted by Crippen LogP contribution is 2.43. The minimum atomic E-state index is -1.83. The van der Waals surface area contributed by atoms with Gasteiger partial charge in [0.15, 0.2) is 8.32 Å². The van der Waals surface area contributed by atoms with E-state index in [0.717, 1.165) is 19.8 Å². The Labute approximate surface area is 141 Å². The van der Waals surface area contributed by atoms with Crippen LogP contribution in [-0.4, -0.2) is 28.1 Å². The maximum atomic E-state index is 6.67. The van der Waals surface area contributed by atoms with E-state index in [1.165, 1.54) is 18.1 Å². The van der Waals surface area contributed by atoms with E-state index in [2.05, 4.69) is 62.3 Å². The Bertz CT molecular complexity index is 264. The van der Waals surface area contributed by atoms with Crippen LogP contribution in [0.25, 0.3) is 0 Å². The van der Waals surface area contributed by atoms with Crippen molar-refractivity contribution in [3.63, 3.8) is 0 Å². The normalized spacial score (nSPS) is 14.5. The van der Waals surface area contributed by atoms with Gasteiger partial charge in [0.1, 0.15) is 0 Å². The van der Waals surface area contributed by atoms with Gasteiger partial charge in [0.2, 0.25) is 0 Å². The molecule has 0 aromatic carbocycles. The monoisotopic (exact) mass is 330 g/mol. The molecule has 22 heavy (non-hydrogen) atoms. The van der Waals surface area contributed by atoms with E-state index in [1.54, 1.807) is 0 Å². The van der Waals surface area contributed by atoms with Crippen molar-refractivity contribution in [2.24, 2.45) is 16.2 Å². The summed E-state index contributed by atoms with van der Waals surface area (Å²) in [6, 6.07) is 3.67. The van der Waals surface area contributed by atoms with E-state index in [0.29, 0.717) is 16.2 Å². The van der Waals surface area contributed by atoms with Crippen molar-refractivity contribution in [2.75, 3.05) is 19.8 Å². The van der Waals surface area contributed by atoms with Crippen LogP contribution in [0.2, 0.25) is 18.1 Å². The van der Waals surface area contributed by atoms with Crippen LogP contribution in [0.15, 0.2) is 0 Å². The maximum Gasteiger partial charge on any atom is 0.194 e. The van der Waals surface area contributed by atoms with Gasteiger partial charge in [0.05, 0.1) is 13.2 Å². The van der Waals surface area contributed by atoms with Gasteiger partial charge >= 0.3 is 0 Å². The average molecular weight is 331 g/mol. The first-order chi connectivity index (χ1) is 9.68. The summed E-state index contributed by atoms with van der Waals surface area (Å²) < 4.78 is 12.2. The molecule has 0 amide bonds. The summed E-state index contributed by atoms with van der Waals surface area (Å²) >= 11 is 0. The molecule has 0 aliphatic carbocycles. The number of rotatable bonds is 8. The summed E-state index contributed by atoms with van der Waals surface area (Å²) in [6.45, 7) is 25.5. The van der Waals surface area contributed by atoms with Gasteiger partial charge < -0.3 is 9.16 Å². The van der Waals surface area contributed by atoms with Gasteiger partial charge in [-0.2, -0.15) is 0 Å². The molecular weight excluding hydrogens is 288 g/mol. The molecule has 2 nitrogen and oxygen atoms in total. The first kappa shape index (κ1) is 22.1. The van der Waals surface area contributed by atoms with Gasteiger partial charge in [-0.15, -0.1) is 0 Å². The summed E-state index contributed by atoms with van der Waals surface area (Å²) in [6.07, 6.45) is 0. The van der Waals surface area contributed by atoms with E-state index in [-0.39, 0.29) is 0 Å². The average Bonchev–Trinajstić information content (AvgIpc) is 2.16. The van der Waals surface area contributed by atoms with Crippen molar-refractivity contribution >= 4 is 8.32 Å². The minimum Gasteiger partial charge on any atom is -0.414 e. The Morgan fingerprint density at radius 2 is 1.00 bits per heavy atom. The predicted octanol–water partition coefficient (Wildman–Crippen LogP) is 6.12. The zero-order valence-corrected chi connectivity index (χ0v) is 18.1. The molecule has 0 fully saturated rings. The van der Waals surface area contributed by atoms with Crippen LogP contribution in [-0.2, 0) is 9.16 Å². The Morgan fingerprint density at radius 3 is 1.27 bits per heavy atom. The minimum absolute atomic E-state index is 0.314. The third-order valence-electron chi connectivity index (χ3n) is 3.40. The molecule has 0 saturated heterocycles. The first-order valence-corrected chi connectivity index (χ1v) is 11.4. The highest BCUT2D eigenvalue weighted by Gasteiger charge is 2.44. The van der Waals surface area contributed by atoms with Crippen LogP contribution in [0, 0.1) is 16.2 Å². The zero-order valence-electron chi connectivity index (χ0n) is 17.1. The lowest BCUT2D eigenvalue weighted by atomic mass is 9.99. The SMILES string of the molecule is CCOCCO[Si](CC(C)(C)C)(CC(C)(C)C)CC(C)(C)C. The molecule has 0 aliphatic rings. The fraction of sp³-hybridized carbons (Fsp3) is 1.00. The Morgan fingerprint density at radius 1 is 0.636 bits per heavy atom. The highest BCUT2D eigenvalue weighted by molar-refractivity contribution is 6.74. The second-order valence-electron chi connectivity index (χ2n) is 10.4. The molecule has 0 atom stereocenters. The fourth-order valence-electron chi connectivity index (χ4n) is 3.70. The van der Waals surface area contributed by atoms with E-state index >= 15 is 0 Å². The van der Waals surface area contributed by atoms with Crippen molar-refractivity contribution in [1.82, 2.24) is 0 Å². The van der Waals surface area contributed by atoms with Crippen molar-refractivity contribution in [3.05, 3.63) is 0 Å². The molecule has 0 spiro atoms. The van der Waals surface area contributed by atoms with Gasteiger partial charge in [-0.3, -0.25) is 0 Å². The molecule has 0 unspecified atom stereocenters. The van der Waals surface area contributed by atoms with Gasteiger partial charge in [0.25, 0.3) is 0 Å². The topological polar surface area (TPSA) is 18.5 Å². The molecule has 0 aliphatic heterocycles. The number of hydrogen-bond donors (Lipinski definition) is 0. The Kier molecular flexibility index (Phi) is 8.35. The molecule has 0 bridgehead atoms.